The number of rotatable bonds is 1. The normalized spacial score (nSPS) is 11.5. The lowest BCUT2D eigenvalue weighted by Crippen LogP contribution is -2.10. The van der Waals surface area contributed by atoms with Gasteiger partial charge in [0.05, 0.1) is 5.69 Å². The van der Waals surface area contributed by atoms with Crippen LogP contribution in [-0.2, 0) is 5.41 Å². The molecule has 1 aromatic heterocycles. The third-order valence-electron chi connectivity index (χ3n) is 2.80. The molecule has 0 aliphatic carbocycles. The third-order valence-corrected chi connectivity index (χ3v) is 2.80. The Labute approximate surface area is 102 Å². The fourth-order valence-electron chi connectivity index (χ4n) is 1.74. The molecule has 17 heavy (non-hydrogen) atoms. The van der Waals surface area contributed by atoms with Crippen LogP contribution >= 0.6 is 0 Å². The predicted molar refractivity (Wildman–Crippen MR) is 70.0 cm³/mol. The molecule has 0 amide bonds. The van der Waals surface area contributed by atoms with E-state index in [1.54, 1.807) is 6.20 Å². The Bertz CT molecular complexity index is 512. The average Bonchev–Trinajstić information content (AvgIpc) is 2.29. The summed E-state index contributed by atoms with van der Waals surface area (Å²) in [6.45, 7) is 6.38. The first-order valence-corrected chi connectivity index (χ1v) is 5.73. The second-order valence-corrected chi connectivity index (χ2v) is 5.20. The summed E-state index contributed by atoms with van der Waals surface area (Å²) in [6, 6.07) is 11.5. The second kappa shape index (κ2) is 4.21. The molecular weight excluding hydrogens is 210 g/mol. The Kier molecular flexibility index (Phi) is 2.88. The van der Waals surface area contributed by atoms with Crippen molar-refractivity contribution in [1.82, 2.24) is 4.98 Å². The number of phenolic OH excluding ortho intramolecular Hbond substituents is 1. The second-order valence-electron chi connectivity index (χ2n) is 5.20. The van der Waals surface area contributed by atoms with Gasteiger partial charge in [0.1, 0.15) is 5.75 Å². The molecule has 0 radical (unpaired) electrons. The Morgan fingerprint density at radius 1 is 1.06 bits per heavy atom. The van der Waals surface area contributed by atoms with Crippen molar-refractivity contribution in [2.45, 2.75) is 26.2 Å². The topological polar surface area (TPSA) is 33.1 Å². The molecule has 88 valence electrons. The lowest BCUT2D eigenvalue weighted by Gasteiger charge is -2.19. The number of aromatic hydroxyl groups is 1. The minimum atomic E-state index is 0.0418. The van der Waals surface area contributed by atoms with E-state index >= 15 is 0 Å². The molecule has 0 saturated heterocycles. The van der Waals surface area contributed by atoms with E-state index in [0.717, 1.165) is 16.8 Å². The first kappa shape index (κ1) is 11.6. The first-order valence-electron chi connectivity index (χ1n) is 5.73. The number of pyridine rings is 1. The van der Waals surface area contributed by atoms with Crippen LogP contribution in [0.3, 0.4) is 0 Å². The quantitative estimate of drug-likeness (QED) is 0.804. The zero-order valence-corrected chi connectivity index (χ0v) is 10.4. The molecule has 0 saturated carbocycles. The van der Waals surface area contributed by atoms with Crippen LogP contribution in [0.5, 0.6) is 5.75 Å². The highest BCUT2D eigenvalue weighted by molar-refractivity contribution is 5.67. The minimum absolute atomic E-state index is 0.0418. The van der Waals surface area contributed by atoms with Gasteiger partial charge in [0.25, 0.3) is 0 Å². The highest BCUT2D eigenvalue weighted by Gasteiger charge is 2.15. The summed E-state index contributed by atoms with van der Waals surface area (Å²) in [7, 11) is 0. The summed E-state index contributed by atoms with van der Waals surface area (Å²) in [6.07, 6.45) is 1.73. The molecule has 1 N–H and O–H groups in total. The van der Waals surface area contributed by atoms with Gasteiger partial charge in [-0.05, 0) is 35.2 Å². The Hall–Kier alpha value is -1.83. The maximum Gasteiger partial charge on any atom is 0.125 e. The Balaban J connectivity index is 2.46. The zero-order chi connectivity index (χ0) is 12.5. The van der Waals surface area contributed by atoms with Crippen molar-refractivity contribution in [3.05, 3.63) is 48.2 Å². The molecule has 0 fully saturated rings. The largest absolute Gasteiger partial charge is 0.507 e. The molecule has 2 aromatic rings. The van der Waals surface area contributed by atoms with Crippen molar-refractivity contribution < 1.29 is 5.11 Å². The number of phenols is 1. The molecule has 0 aliphatic heterocycles. The fraction of sp³-hybridized carbons (Fsp3) is 0.267. The van der Waals surface area contributed by atoms with Crippen LogP contribution in [0.1, 0.15) is 26.3 Å². The summed E-state index contributed by atoms with van der Waals surface area (Å²) in [5.74, 6) is 0.288. The van der Waals surface area contributed by atoms with Crippen LogP contribution in [0.2, 0.25) is 0 Å². The molecular formula is C15H17NO. The maximum absolute atomic E-state index is 10.1. The average molecular weight is 227 g/mol. The van der Waals surface area contributed by atoms with Gasteiger partial charge in [-0.15, -0.1) is 0 Å². The zero-order valence-electron chi connectivity index (χ0n) is 10.4. The van der Waals surface area contributed by atoms with E-state index in [0.29, 0.717) is 0 Å². The predicted octanol–water partition coefficient (Wildman–Crippen LogP) is 3.75. The van der Waals surface area contributed by atoms with Crippen molar-refractivity contribution in [3.63, 3.8) is 0 Å². The number of benzene rings is 1. The molecule has 0 spiro atoms. The number of hydrogen-bond acceptors (Lipinski definition) is 2. The van der Waals surface area contributed by atoms with Crippen LogP contribution in [0.4, 0.5) is 0 Å². The van der Waals surface area contributed by atoms with Crippen molar-refractivity contribution in [2.24, 2.45) is 0 Å². The molecule has 1 aromatic carbocycles. The van der Waals surface area contributed by atoms with Crippen molar-refractivity contribution >= 4 is 0 Å². The van der Waals surface area contributed by atoms with E-state index in [2.05, 4.69) is 25.8 Å². The van der Waals surface area contributed by atoms with E-state index < -0.39 is 0 Å². The van der Waals surface area contributed by atoms with Gasteiger partial charge in [-0.2, -0.15) is 0 Å². The van der Waals surface area contributed by atoms with Crippen LogP contribution in [0.25, 0.3) is 11.3 Å². The van der Waals surface area contributed by atoms with Gasteiger partial charge in [0.2, 0.25) is 0 Å². The Morgan fingerprint density at radius 2 is 1.82 bits per heavy atom. The van der Waals surface area contributed by atoms with Crippen molar-refractivity contribution in [1.29, 1.82) is 0 Å². The van der Waals surface area contributed by atoms with Gasteiger partial charge in [0, 0.05) is 11.8 Å². The van der Waals surface area contributed by atoms with Gasteiger partial charge in [0.15, 0.2) is 0 Å². The van der Waals surface area contributed by atoms with Crippen molar-refractivity contribution in [2.75, 3.05) is 0 Å². The molecule has 0 unspecified atom stereocenters. The van der Waals surface area contributed by atoms with E-state index in [1.807, 2.05) is 36.4 Å². The highest BCUT2D eigenvalue weighted by atomic mass is 16.3. The van der Waals surface area contributed by atoms with Crippen LogP contribution in [0, 0.1) is 0 Å². The summed E-state index contributed by atoms with van der Waals surface area (Å²) >= 11 is 0. The lowest BCUT2D eigenvalue weighted by molar-refractivity contribution is 0.473. The summed E-state index contributed by atoms with van der Waals surface area (Å²) < 4.78 is 0. The molecule has 2 rings (SSSR count). The number of nitrogens with zero attached hydrogens (tertiary/aromatic N) is 1. The van der Waals surface area contributed by atoms with Crippen LogP contribution in [0.15, 0.2) is 42.6 Å². The molecule has 0 aliphatic rings. The Morgan fingerprint density at radius 3 is 2.35 bits per heavy atom. The highest BCUT2D eigenvalue weighted by Crippen LogP contribution is 2.32. The lowest BCUT2D eigenvalue weighted by atomic mass is 9.86. The summed E-state index contributed by atoms with van der Waals surface area (Å²) in [5.41, 5.74) is 2.74. The number of aromatic nitrogens is 1. The van der Waals surface area contributed by atoms with Gasteiger partial charge < -0.3 is 5.11 Å². The van der Waals surface area contributed by atoms with Gasteiger partial charge >= 0.3 is 0 Å². The van der Waals surface area contributed by atoms with E-state index in [1.165, 1.54) is 0 Å². The molecule has 1 heterocycles. The SMILES string of the molecule is CC(C)(C)c1ccc(-c2ccccn2)c(O)c1. The number of hydrogen-bond donors (Lipinski definition) is 1. The fourth-order valence-corrected chi connectivity index (χ4v) is 1.74. The first-order chi connectivity index (χ1) is 7.98. The minimum Gasteiger partial charge on any atom is -0.507 e. The third kappa shape index (κ3) is 2.47. The van der Waals surface area contributed by atoms with E-state index in [-0.39, 0.29) is 11.2 Å². The van der Waals surface area contributed by atoms with Crippen LogP contribution in [-0.4, -0.2) is 10.1 Å². The monoisotopic (exact) mass is 227 g/mol. The molecule has 0 atom stereocenters. The summed E-state index contributed by atoms with van der Waals surface area (Å²) in [4.78, 5) is 4.24. The van der Waals surface area contributed by atoms with Crippen LogP contribution < -0.4 is 0 Å². The van der Waals surface area contributed by atoms with Gasteiger partial charge in [-0.3, -0.25) is 4.98 Å². The molecule has 0 bridgehead atoms. The molecule has 2 nitrogen and oxygen atoms in total. The smallest absolute Gasteiger partial charge is 0.125 e. The van der Waals surface area contributed by atoms with Gasteiger partial charge in [-0.1, -0.05) is 32.9 Å². The van der Waals surface area contributed by atoms with Gasteiger partial charge in [-0.25, -0.2) is 0 Å². The summed E-state index contributed by atoms with van der Waals surface area (Å²) in [5, 5.41) is 10.1. The maximum atomic E-state index is 10.1. The van der Waals surface area contributed by atoms with E-state index in [4.69, 9.17) is 0 Å². The molecule has 2 heteroatoms. The van der Waals surface area contributed by atoms with E-state index in [9.17, 15) is 5.11 Å². The standard InChI is InChI=1S/C15H17NO/c1-15(2,3)11-7-8-12(14(17)10-11)13-6-4-5-9-16-13/h4-10,17H,1-3H3. The van der Waals surface area contributed by atoms with Crippen molar-refractivity contribution in [3.8, 4) is 17.0 Å².